The van der Waals surface area contributed by atoms with Crippen LogP contribution in [0.2, 0.25) is 0 Å². The molecule has 34 heavy (non-hydrogen) atoms. The number of hydrogen-bond donors (Lipinski definition) is 0. The van der Waals surface area contributed by atoms with E-state index in [1.807, 2.05) is 0 Å². The Balaban J connectivity index is 1.70. The average molecular weight is 468 g/mol. The van der Waals surface area contributed by atoms with E-state index in [2.05, 4.69) is 65.7 Å². The lowest BCUT2D eigenvalue weighted by Gasteiger charge is -2.06. The zero-order valence-electron chi connectivity index (χ0n) is 22.8. The summed E-state index contributed by atoms with van der Waals surface area (Å²) in [5.74, 6) is 1.49. The first-order valence-corrected chi connectivity index (χ1v) is 15.0. The number of imidazole rings is 1. The molecule has 0 aliphatic heterocycles. The largest absolute Gasteiger partial charge is 0.261 e. The van der Waals surface area contributed by atoms with Gasteiger partial charge in [-0.2, -0.15) is 4.57 Å². The molecule has 0 radical (unpaired) electrons. The van der Waals surface area contributed by atoms with Crippen LogP contribution in [0.25, 0.3) is 5.69 Å². The minimum Gasteiger partial charge on any atom is -0.234 e. The lowest BCUT2D eigenvalue weighted by molar-refractivity contribution is -0.704. The summed E-state index contributed by atoms with van der Waals surface area (Å²) in [6.45, 7) is 5.77. The molecule has 1 heterocycles. The standard InChI is InChI=1S/C32H55N2/c1-3-5-7-9-11-12-13-14-15-16-18-23-27-32-33(28-24-19-17-10-8-6-4-2)29-30-34(32)31-25-21-20-22-26-31/h20-22,25-26,29-30H,3-19,23-24,27-28H2,1-2H3/q+1. The molecule has 0 aliphatic rings. The molecule has 2 aromatic rings. The highest BCUT2D eigenvalue weighted by atomic mass is 15.1. The molecule has 0 bridgehead atoms. The Bertz CT molecular complexity index is 703. The van der Waals surface area contributed by atoms with Gasteiger partial charge in [0.2, 0.25) is 0 Å². The first-order chi connectivity index (χ1) is 16.9. The highest BCUT2D eigenvalue weighted by Crippen LogP contribution is 2.15. The molecule has 0 saturated heterocycles. The van der Waals surface area contributed by atoms with Crippen LogP contribution in [0.1, 0.15) is 142 Å². The Morgan fingerprint density at radius 3 is 1.56 bits per heavy atom. The van der Waals surface area contributed by atoms with Crippen molar-refractivity contribution in [3.05, 3.63) is 48.5 Å². The maximum Gasteiger partial charge on any atom is 0.261 e. The predicted molar refractivity (Wildman–Crippen MR) is 149 cm³/mol. The summed E-state index contributed by atoms with van der Waals surface area (Å²) in [6.07, 6.45) is 32.4. The van der Waals surface area contributed by atoms with E-state index >= 15 is 0 Å². The minimum atomic E-state index is 1.17. The van der Waals surface area contributed by atoms with Crippen LogP contribution in [0.4, 0.5) is 0 Å². The quantitative estimate of drug-likeness (QED) is 0.120. The Hall–Kier alpha value is -1.57. The van der Waals surface area contributed by atoms with Crippen LogP contribution in [0.3, 0.4) is 0 Å². The molecule has 0 spiro atoms. The zero-order chi connectivity index (χ0) is 24.1. The van der Waals surface area contributed by atoms with E-state index in [1.54, 1.807) is 0 Å². The average Bonchev–Trinajstić information content (AvgIpc) is 3.27. The van der Waals surface area contributed by atoms with Gasteiger partial charge in [0.15, 0.2) is 0 Å². The maximum atomic E-state index is 2.54. The van der Waals surface area contributed by atoms with E-state index in [9.17, 15) is 0 Å². The van der Waals surface area contributed by atoms with Gasteiger partial charge in [0.25, 0.3) is 5.82 Å². The highest BCUT2D eigenvalue weighted by molar-refractivity contribution is 5.31. The molecule has 2 rings (SSSR count). The Morgan fingerprint density at radius 1 is 0.559 bits per heavy atom. The van der Waals surface area contributed by atoms with Crippen molar-refractivity contribution in [2.24, 2.45) is 0 Å². The molecule has 0 amide bonds. The molecule has 0 atom stereocenters. The number of hydrogen-bond acceptors (Lipinski definition) is 0. The van der Waals surface area contributed by atoms with E-state index < -0.39 is 0 Å². The van der Waals surface area contributed by atoms with E-state index in [-0.39, 0.29) is 0 Å². The number of nitrogens with zero attached hydrogens (tertiary/aromatic N) is 2. The molecule has 0 unspecified atom stereocenters. The Kier molecular flexibility index (Phi) is 16.6. The topological polar surface area (TPSA) is 8.81 Å². The minimum absolute atomic E-state index is 1.17. The Morgan fingerprint density at radius 2 is 1.03 bits per heavy atom. The van der Waals surface area contributed by atoms with Gasteiger partial charge in [-0.3, -0.25) is 0 Å². The maximum absolute atomic E-state index is 2.54. The van der Waals surface area contributed by atoms with Crippen molar-refractivity contribution in [1.82, 2.24) is 4.57 Å². The van der Waals surface area contributed by atoms with Crippen molar-refractivity contribution >= 4 is 0 Å². The molecular formula is C32H55N2+. The van der Waals surface area contributed by atoms with Gasteiger partial charge in [-0.1, -0.05) is 135 Å². The van der Waals surface area contributed by atoms with E-state index in [0.717, 1.165) is 0 Å². The molecule has 0 aliphatic carbocycles. The summed E-state index contributed by atoms with van der Waals surface area (Å²) >= 11 is 0. The number of aryl methyl sites for hydroxylation is 1. The van der Waals surface area contributed by atoms with E-state index in [4.69, 9.17) is 0 Å². The second-order valence-corrected chi connectivity index (χ2v) is 10.4. The fraction of sp³-hybridized carbons (Fsp3) is 0.719. The first kappa shape index (κ1) is 28.7. The smallest absolute Gasteiger partial charge is 0.234 e. The molecule has 0 N–H and O–H groups in total. The summed E-state index contributed by atoms with van der Waals surface area (Å²) in [7, 11) is 0. The van der Waals surface area contributed by atoms with Crippen molar-refractivity contribution in [3.63, 3.8) is 0 Å². The molecular weight excluding hydrogens is 412 g/mol. The highest BCUT2D eigenvalue weighted by Gasteiger charge is 2.18. The van der Waals surface area contributed by atoms with E-state index in [0.29, 0.717) is 0 Å². The van der Waals surface area contributed by atoms with Gasteiger partial charge in [-0.05, 0) is 31.4 Å². The normalized spacial score (nSPS) is 11.4. The SMILES string of the molecule is CCCCCCCCCCCCCCc1n(-c2ccccc2)cc[n+]1CCCCCCCCC. The van der Waals surface area contributed by atoms with Gasteiger partial charge in [-0.25, -0.2) is 4.57 Å². The molecule has 2 heteroatoms. The molecule has 1 aromatic heterocycles. The third kappa shape index (κ3) is 12.2. The number of rotatable bonds is 22. The van der Waals surface area contributed by atoms with Crippen LogP contribution in [0.15, 0.2) is 42.7 Å². The van der Waals surface area contributed by atoms with Crippen molar-refractivity contribution in [3.8, 4) is 5.69 Å². The summed E-state index contributed by atoms with van der Waals surface area (Å²) in [6, 6.07) is 10.9. The molecule has 2 nitrogen and oxygen atoms in total. The van der Waals surface area contributed by atoms with Gasteiger partial charge < -0.3 is 0 Å². The van der Waals surface area contributed by atoms with Crippen LogP contribution in [-0.2, 0) is 13.0 Å². The van der Waals surface area contributed by atoms with Gasteiger partial charge in [-0.15, -0.1) is 0 Å². The van der Waals surface area contributed by atoms with Crippen LogP contribution in [0, 0.1) is 0 Å². The first-order valence-electron chi connectivity index (χ1n) is 15.0. The van der Waals surface area contributed by atoms with E-state index in [1.165, 1.54) is 146 Å². The summed E-state index contributed by atoms with van der Waals surface area (Å²) in [4.78, 5) is 0. The second-order valence-electron chi connectivity index (χ2n) is 10.4. The predicted octanol–water partition coefficient (Wildman–Crippen LogP) is 9.76. The second kappa shape index (κ2) is 19.7. The number of para-hydroxylation sites is 1. The molecule has 192 valence electrons. The van der Waals surface area contributed by atoms with Crippen LogP contribution >= 0.6 is 0 Å². The Labute approximate surface area is 212 Å². The van der Waals surface area contributed by atoms with Crippen molar-refractivity contribution in [2.75, 3.05) is 0 Å². The van der Waals surface area contributed by atoms with Gasteiger partial charge >= 0.3 is 0 Å². The number of benzene rings is 1. The van der Waals surface area contributed by atoms with Gasteiger partial charge in [0.05, 0.1) is 6.54 Å². The lowest BCUT2D eigenvalue weighted by atomic mass is 10.0. The van der Waals surface area contributed by atoms with Crippen LogP contribution in [0.5, 0.6) is 0 Å². The lowest BCUT2D eigenvalue weighted by Crippen LogP contribution is -2.37. The van der Waals surface area contributed by atoms with Crippen LogP contribution in [-0.4, -0.2) is 4.57 Å². The van der Waals surface area contributed by atoms with Gasteiger partial charge in [0, 0.05) is 6.42 Å². The summed E-state index contributed by atoms with van der Waals surface area (Å²) in [5, 5.41) is 0. The number of unbranched alkanes of at least 4 members (excludes halogenated alkanes) is 17. The fourth-order valence-corrected chi connectivity index (χ4v) is 5.11. The van der Waals surface area contributed by atoms with Crippen molar-refractivity contribution in [1.29, 1.82) is 0 Å². The van der Waals surface area contributed by atoms with Crippen LogP contribution < -0.4 is 4.57 Å². The zero-order valence-corrected chi connectivity index (χ0v) is 22.8. The van der Waals surface area contributed by atoms with Crippen molar-refractivity contribution in [2.45, 2.75) is 149 Å². The third-order valence-corrected chi connectivity index (χ3v) is 7.30. The molecule has 1 aromatic carbocycles. The molecule has 0 fully saturated rings. The van der Waals surface area contributed by atoms with Gasteiger partial charge in [0.1, 0.15) is 18.1 Å². The fourth-order valence-electron chi connectivity index (χ4n) is 5.11. The molecule has 0 saturated carbocycles. The summed E-state index contributed by atoms with van der Waals surface area (Å²) < 4.78 is 4.97. The summed E-state index contributed by atoms with van der Waals surface area (Å²) in [5.41, 5.74) is 1.30. The third-order valence-electron chi connectivity index (χ3n) is 7.30. The monoisotopic (exact) mass is 467 g/mol. The van der Waals surface area contributed by atoms with Crippen molar-refractivity contribution < 1.29 is 4.57 Å². The number of aromatic nitrogens is 2.